The summed E-state index contributed by atoms with van der Waals surface area (Å²) in [5.41, 5.74) is 6.87. The Morgan fingerprint density at radius 1 is 1.57 bits per heavy atom. The van der Waals surface area contributed by atoms with E-state index in [9.17, 15) is 4.79 Å². The quantitative estimate of drug-likeness (QED) is 0.851. The smallest absolute Gasteiger partial charge is 0.340 e. The van der Waals surface area contributed by atoms with E-state index in [-0.39, 0.29) is 6.10 Å². The first-order valence-corrected chi connectivity index (χ1v) is 7.27. The molecule has 2 heterocycles. The molecule has 6 nitrogen and oxygen atoms in total. The van der Waals surface area contributed by atoms with Crippen LogP contribution in [0, 0.1) is 5.92 Å². The Morgan fingerprint density at radius 2 is 2.33 bits per heavy atom. The third-order valence-electron chi connectivity index (χ3n) is 3.96. The number of hydrogen-bond acceptors (Lipinski definition) is 6. The first kappa shape index (κ1) is 15.6. The molecule has 116 valence electrons. The Balaban J connectivity index is 2.24. The van der Waals surface area contributed by atoms with Gasteiger partial charge in [0.05, 0.1) is 24.0 Å². The first-order valence-electron chi connectivity index (χ1n) is 7.27. The standard InChI is InChI=1S/C15H23N3O3/c1-4-21-15(19)11-5-7-17-14(13(11)16)18-8-6-10(2)12(9-18)20-3/h5,7,10,12H,4,6,8-9,16H2,1-3H3. The van der Waals surface area contributed by atoms with Crippen LogP contribution in [-0.4, -0.2) is 43.9 Å². The van der Waals surface area contributed by atoms with Gasteiger partial charge in [-0.05, 0) is 25.3 Å². The minimum absolute atomic E-state index is 0.145. The van der Waals surface area contributed by atoms with Gasteiger partial charge in [0.2, 0.25) is 0 Å². The molecule has 2 N–H and O–H groups in total. The van der Waals surface area contributed by atoms with Gasteiger partial charge in [0, 0.05) is 26.4 Å². The number of ether oxygens (including phenoxy) is 2. The van der Waals surface area contributed by atoms with Crippen LogP contribution in [0.25, 0.3) is 0 Å². The molecular weight excluding hydrogens is 270 g/mol. The lowest BCUT2D eigenvalue weighted by Gasteiger charge is -2.37. The van der Waals surface area contributed by atoms with Crippen LogP contribution in [0.3, 0.4) is 0 Å². The fraction of sp³-hybridized carbons (Fsp3) is 0.600. The monoisotopic (exact) mass is 293 g/mol. The number of piperidine rings is 1. The summed E-state index contributed by atoms with van der Waals surface area (Å²) in [6, 6.07) is 1.59. The molecule has 0 spiro atoms. The van der Waals surface area contributed by atoms with E-state index in [0.717, 1.165) is 19.5 Å². The van der Waals surface area contributed by atoms with Gasteiger partial charge < -0.3 is 20.1 Å². The number of esters is 1. The molecule has 0 saturated carbocycles. The number of nitrogens with zero attached hydrogens (tertiary/aromatic N) is 2. The largest absolute Gasteiger partial charge is 0.462 e. The van der Waals surface area contributed by atoms with E-state index >= 15 is 0 Å². The number of carbonyl (C=O) groups excluding carboxylic acids is 1. The summed E-state index contributed by atoms with van der Waals surface area (Å²) in [4.78, 5) is 18.3. The zero-order valence-corrected chi connectivity index (χ0v) is 12.8. The molecule has 1 aromatic rings. The molecule has 0 bridgehead atoms. The molecule has 0 aromatic carbocycles. The number of hydrogen-bond donors (Lipinski definition) is 1. The summed E-state index contributed by atoms with van der Waals surface area (Å²) in [6.45, 7) is 5.84. The highest BCUT2D eigenvalue weighted by Crippen LogP contribution is 2.29. The maximum absolute atomic E-state index is 11.9. The second-order valence-electron chi connectivity index (χ2n) is 5.30. The zero-order chi connectivity index (χ0) is 15.4. The predicted molar refractivity (Wildman–Crippen MR) is 81.4 cm³/mol. The maximum Gasteiger partial charge on any atom is 0.340 e. The number of aromatic nitrogens is 1. The molecule has 0 aliphatic carbocycles. The number of carbonyl (C=O) groups is 1. The van der Waals surface area contributed by atoms with Gasteiger partial charge in [-0.1, -0.05) is 6.92 Å². The SMILES string of the molecule is CCOC(=O)c1ccnc(N2CCC(C)C(OC)C2)c1N. The average molecular weight is 293 g/mol. The fourth-order valence-corrected chi connectivity index (χ4v) is 2.63. The molecule has 2 atom stereocenters. The molecule has 0 radical (unpaired) electrons. The summed E-state index contributed by atoms with van der Waals surface area (Å²) in [7, 11) is 1.72. The molecule has 0 amide bonds. The van der Waals surface area contributed by atoms with Crippen molar-refractivity contribution in [1.82, 2.24) is 4.98 Å². The molecule has 1 aromatic heterocycles. The van der Waals surface area contributed by atoms with Crippen molar-refractivity contribution < 1.29 is 14.3 Å². The third-order valence-corrected chi connectivity index (χ3v) is 3.96. The lowest BCUT2D eigenvalue weighted by molar-refractivity contribution is 0.0496. The molecule has 1 fully saturated rings. The molecule has 21 heavy (non-hydrogen) atoms. The normalized spacial score (nSPS) is 22.1. The van der Waals surface area contributed by atoms with Crippen LogP contribution in [0.5, 0.6) is 0 Å². The molecular formula is C15H23N3O3. The van der Waals surface area contributed by atoms with Crippen molar-refractivity contribution in [3.05, 3.63) is 17.8 Å². The Hall–Kier alpha value is -1.82. The van der Waals surface area contributed by atoms with Gasteiger partial charge in [-0.25, -0.2) is 9.78 Å². The van der Waals surface area contributed by atoms with Crippen molar-refractivity contribution in [3.8, 4) is 0 Å². The summed E-state index contributed by atoms with van der Waals surface area (Å²) >= 11 is 0. The fourth-order valence-electron chi connectivity index (χ4n) is 2.63. The highest BCUT2D eigenvalue weighted by atomic mass is 16.5. The van der Waals surface area contributed by atoms with E-state index in [1.807, 2.05) is 0 Å². The third kappa shape index (κ3) is 3.26. The lowest BCUT2D eigenvalue weighted by Crippen LogP contribution is -2.44. The molecule has 2 unspecified atom stereocenters. The van der Waals surface area contributed by atoms with E-state index in [1.54, 1.807) is 26.3 Å². The van der Waals surface area contributed by atoms with Crippen LogP contribution in [0.4, 0.5) is 11.5 Å². The Bertz CT molecular complexity index is 507. The Kier molecular flexibility index (Phi) is 5.01. The van der Waals surface area contributed by atoms with Gasteiger partial charge in [-0.15, -0.1) is 0 Å². The summed E-state index contributed by atoms with van der Waals surface area (Å²) < 4.78 is 10.5. The predicted octanol–water partition coefficient (Wildman–Crippen LogP) is 1.70. The average Bonchev–Trinajstić information content (AvgIpc) is 2.48. The van der Waals surface area contributed by atoms with Gasteiger partial charge >= 0.3 is 5.97 Å². The van der Waals surface area contributed by atoms with Crippen LogP contribution in [0.15, 0.2) is 12.3 Å². The van der Waals surface area contributed by atoms with Crippen molar-refractivity contribution in [2.75, 3.05) is 37.4 Å². The van der Waals surface area contributed by atoms with E-state index in [1.165, 1.54) is 0 Å². The molecule has 6 heteroatoms. The minimum Gasteiger partial charge on any atom is -0.462 e. The van der Waals surface area contributed by atoms with E-state index in [0.29, 0.717) is 29.6 Å². The van der Waals surface area contributed by atoms with Crippen molar-refractivity contribution in [3.63, 3.8) is 0 Å². The van der Waals surface area contributed by atoms with Gasteiger partial charge in [0.15, 0.2) is 5.82 Å². The Labute approximate surface area is 125 Å². The van der Waals surface area contributed by atoms with Crippen LogP contribution >= 0.6 is 0 Å². The van der Waals surface area contributed by atoms with Gasteiger partial charge in [-0.3, -0.25) is 0 Å². The van der Waals surface area contributed by atoms with Crippen molar-refractivity contribution in [1.29, 1.82) is 0 Å². The summed E-state index contributed by atoms with van der Waals surface area (Å²) in [6.07, 6.45) is 2.74. The van der Waals surface area contributed by atoms with Crippen molar-refractivity contribution >= 4 is 17.5 Å². The van der Waals surface area contributed by atoms with Crippen molar-refractivity contribution in [2.24, 2.45) is 5.92 Å². The van der Waals surface area contributed by atoms with E-state index in [2.05, 4.69) is 16.8 Å². The second-order valence-corrected chi connectivity index (χ2v) is 5.30. The summed E-state index contributed by atoms with van der Waals surface area (Å²) in [5.74, 6) is 0.725. The van der Waals surface area contributed by atoms with Crippen LogP contribution in [-0.2, 0) is 9.47 Å². The highest BCUT2D eigenvalue weighted by molar-refractivity contribution is 5.97. The van der Waals surface area contributed by atoms with Crippen LogP contribution < -0.4 is 10.6 Å². The number of rotatable bonds is 4. The highest BCUT2D eigenvalue weighted by Gasteiger charge is 2.28. The minimum atomic E-state index is -0.410. The first-order chi connectivity index (χ1) is 10.1. The van der Waals surface area contributed by atoms with Crippen LogP contribution in [0.2, 0.25) is 0 Å². The van der Waals surface area contributed by atoms with E-state index < -0.39 is 5.97 Å². The van der Waals surface area contributed by atoms with Gasteiger partial charge in [0.25, 0.3) is 0 Å². The summed E-state index contributed by atoms with van der Waals surface area (Å²) in [5, 5.41) is 0. The second kappa shape index (κ2) is 6.76. The lowest BCUT2D eigenvalue weighted by atomic mass is 9.95. The number of pyridine rings is 1. The Morgan fingerprint density at radius 3 is 3.00 bits per heavy atom. The molecule has 2 rings (SSSR count). The number of methoxy groups -OCH3 is 1. The number of nitrogen functional groups attached to an aromatic ring is 1. The molecule has 1 saturated heterocycles. The molecule has 1 aliphatic rings. The van der Waals surface area contributed by atoms with Gasteiger partial charge in [0.1, 0.15) is 0 Å². The maximum atomic E-state index is 11.9. The number of nitrogens with two attached hydrogens (primary N) is 1. The van der Waals surface area contributed by atoms with Crippen LogP contribution in [0.1, 0.15) is 30.6 Å². The molecule has 1 aliphatic heterocycles. The van der Waals surface area contributed by atoms with E-state index in [4.69, 9.17) is 15.2 Å². The topological polar surface area (TPSA) is 77.7 Å². The number of anilines is 2. The van der Waals surface area contributed by atoms with Crippen molar-refractivity contribution in [2.45, 2.75) is 26.4 Å². The van der Waals surface area contributed by atoms with Gasteiger partial charge in [-0.2, -0.15) is 0 Å². The zero-order valence-electron chi connectivity index (χ0n) is 12.8.